The molecule has 4 aromatic rings. The van der Waals surface area contributed by atoms with E-state index in [1.54, 1.807) is 0 Å². The zero-order chi connectivity index (χ0) is 19.8. The Kier molecular flexibility index (Phi) is 4.71. The predicted molar refractivity (Wildman–Crippen MR) is 114 cm³/mol. The van der Waals surface area contributed by atoms with Crippen molar-refractivity contribution in [1.29, 1.82) is 0 Å². The molecule has 2 aromatic heterocycles. The summed E-state index contributed by atoms with van der Waals surface area (Å²) in [5, 5.41) is 2.32. The fourth-order valence-corrected chi connectivity index (χ4v) is 4.45. The number of rotatable bonds is 5. The summed E-state index contributed by atoms with van der Waals surface area (Å²) >= 11 is 0. The first kappa shape index (κ1) is 18.4. The highest BCUT2D eigenvalue weighted by molar-refractivity contribution is 5.91. The van der Waals surface area contributed by atoms with Crippen LogP contribution in [0.2, 0.25) is 0 Å². The standard InChI is InChI=1S/C24H26N2O2/c1-5-28-24(27)14(2)21(22-15(3)25-19-12-8-6-10-17(19)22)23-16(4)26-20-13-9-7-11-18(20)23/h6-14,21,25-26H,5H2,1-4H3/t14-/m0/s1. The van der Waals surface area contributed by atoms with Crippen LogP contribution in [0.3, 0.4) is 0 Å². The van der Waals surface area contributed by atoms with Gasteiger partial charge in [-0.1, -0.05) is 43.3 Å². The van der Waals surface area contributed by atoms with Gasteiger partial charge in [-0.15, -0.1) is 0 Å². The van der Waals surface area contributed by atoms with Crippen molar-refractivity contribution in [1.82, 2.24) is 9.97 Å². The average Bonchev–Trinajstić information content (AvgIpc) is 3.19. The number of hydrogen-bond donors (Lipinski definition) is 2. The molecular formula is C24H26N2O2. The maximum absolute atomic E-state index is 12.8. The summed E-state index contributed by atoms with van der Waals surface area (Å²) in [6, 6.07) is 16.6. The third kappa shape index (κ3) is 2.89. The van der Waals surface area contributed by atoms with Crippen LogP contribution in [-0.4, -0.2) is 22.5 Å². The molecule has 28 heavy (non-hydrogen) atoms. The number of fused-ring (bicyclic) bond motifs is 2. The van der Waals surface area contributed by atoms with Gasteiger partial charge in [-0.25, -0.2) is 0 Å². The number of para-hydroxylation sites is 2. The fraction of sp³-hybridized carbons (Fsp3) is 0.292. The molecule has 0 aliphatic heterocycles. The molecule has 0 aliphatic carbocycles. The molecule has 0 bridgehead atoms. The second-order valence-corrected chi connectivity index (χ2v) is 7.44. The van der Waals surface area contributed by atoms with Crippen molar-refractivity contribution < 1.29 is 9.53 Å². The van der Waals surface area contributed by atoms with Crippen LogP contribution in [0.5, 0.6) is 0 Å². The number of H-pyrrole nitrogens is 2. The van der Waals surface area contributed by atoms with E-state index >= 15 is 0 Å². The lowest BCUT2D eigenvalue weighted by molar-refractivity contribution is -0.147. The van der Waals surface area contributed by atoms with Crippen molar-refractivity contribution in [2.75, 3.05) is 6.61 Å². The summed E-state index contributed by atoms with van der Waals surface area (Å²) < 4.78 is 5.43. The minimum absolute atomic E-state index is 0.105. The summed E-state index contributed by atoms with van der Waals surface area (Å²) in [5.74, 6) is -0.580. The molecule has 0 radical (unpaired) electrons. The first-order chi connectivity index (χ1) is 13.5. The van der Waals surface area contributed by atoms with Crippen molar-refractivity contribution in [3.63, 3.8) is 0 Å². The lowest BCUT2D eigenvalue weighted by atomic mass is 9.79. The normalized spacial score (nSPS) is 12.8. The minimum Gasteiger partial charge on any atom is -0.466 e. The molecule has 144 valence electrons. The van der Waals surface area contributed by atoms with Gasteiger partial charge in [0.25, 0.3) is 0 Å². The highest BCUT2D eigenvalue weighted by atomic mass is 16.5. The van der Waals surface area contributed by atoms with Crippen LogP contribution >= 0.6 is 0 Å². The van der Waals surface area contributed by atoms with Gasteiger partial charge in [0.2, 0.25) is 0 Å². The molecule has 0 unspecified atom stereocenters. The Bertz CT molecular complexity index is 1070. The Morgan fingerprint density at radius 2 is 1.36 bits per heavy atom. The number of carbonyl (C=O) groups is 1. The smallest absolute Gasteiger partial charge is 0.309 e. The maximum Gasteiger partial charge on any atom is 0.309 e. The maximum atomic E-state index is 12.8. The topological polar surface area (TPSA) is 57.9 Å². The van der Waals surface area contributed by atoms with Gasteiger partial charge in [0.15, 0.2) is 0 Å². The fourth-order valence-electron chi connectivity index (χ4n) is 4.45. The van der Waals surface area contributed by atoms with Gasteiger partial charge >= 0.3 is 5.97 Å². The van der Waals surface area contributed by atoms with E-state index in [4.69, 9.17) is 4.74 Å². The molecule has 2 N–H and O–H groups in total. The van der Waals surface area contributed by atoms with E-state index in [1.165, 1.54) is 11.1 Å². The van der Waals surface area contributed by atoms with Gasteiger partial charge in [0.1, 0.15) is 0 Å². The van der Waals surface area contributed by atoms with Crippen LogP contribution in [0, 0.1) is 19.8 Å². The van der Waals surface area contributed by atoms with Crippen LogP contribution < -0.4 is 0 Å². The second-order valence-electron chi connectivity index (χ2n) is 7.44. The molecule has 2 aromatic carbocycles. The van der Waals surface area contributed by atoms with Crippen LogP contribution in [0.4, 0.5) is 0 Å². The van der Waals surface area contributed by atoms with Gasteiger partial charge in [-0.3, -0.25) is 4.79 Å². The lowest BCUT2D eigenvalue weighted by Gasteiger charge is -2.24. The highest BCUT2D eigenvalue weighted by Gasteiger charge is 2.34. The molecule has 0 saturated heterocycles. The van der Waals surface area contributed by atoms with Gasteiger partial charge < -0.3 is 14.7 Å². The summed E-state index contributed by atoms with van der Waals surface area (Å²) in [5.41, 5.74) is 6.70. The van der Waals surface area contributed by atoms with Gasteiger partial charge in [-0.05, 0) is 44.0 Å². The zero-order valence-corrected chi connectivity index (χ0v) is 16.8. The minimum atomic E-state index is -0.309. The third-order valence-corrected chi connectivity index (χ3v) is 5.67. The molecule has 4 nitrogen and oxygen atoms in total. The number of hydrogen-bond acceptors (Lipinski definition) is 2. The summed E-state index contributed by atoms with van der Waals surface area (Å²) in [6.45, 7) is 8.39. The van der Waals surface area contributed by atoms with Crippen LogP contribution in [-0.2, 0) is 9.53 Å². The number of ether oxygens (including phenoxy) is 1. The van der Waals surface area contributed by atoms with E-state index in [2.05, 4.69) is 48.1 Å². The molecule has 4 heteroatoms. The highest BCUT2D eigenvalue weighted by Crippen LogP contribution is 2.43. The number of esters is 1. The Morgan fingerprint density at radius 3 is 1.82 bits per heavy atom. The van der Waals surface area contributed by atoms with E-state index in [0.29, 0.717) is 6.61 Å². The number of nitrogens with one attached hydrogen (secondary N) is 2. The van der Waals surface area contributed by atoms with E-state index < -0.39 is 0 Å². The third-order valence-electron chi connectivity index (χ3n) is 5.67. The molecular weight excluding hydrogens is 348 g/mol. The molecule has 4 rings (SSSR count). The van der Waals surface area contributed by atoms with Gasteiger partial charge in [-0.2, -0.15) is 0 Å². The molecule has 0 saturated carbocycles. The Balaban J connectivity index is 2.01. The quantitative estimate of drug-likeness (QED) is 0.447. The molecule has 1 atom stereocenters. The molecule has 0 amide bonds. The number of benzene rings is 2. The van der Waals surface area contributed by atoms with Crippen molar-refractivity contribution in [3.8, 4) is 0 Å². The number of carbonyl (C=O) groups excluding carboxylic acids is 1. The lowest BCUT2D eigenvalue weighted by Crippen LogP contribution is -2.23. The Morgan fingerprint density at radius 1 is 0.893 bits per heavy atom. The summed E-state index contributed by atoms with van der Waals surface area (Å²) in [7, 11) is 0. The second kappa shape index (κ2) is 7.19. The van der Waals surface area contributed by atoms with Crippen molar-refractivity contribution in [2.24, 2.45) is 5.92 Å². The van der Waals surface area contributed by atoms with Crippen LogP contribution in [0.25, 0.3) is 21.8 Å². The van der Waals surface area contributed by atoms with Gasteiger partial charge in [0, 0.05) is 39.1 Å². The van der Waals surface area contributed by atoms with Crippen LogP contribution in [0.1, 0.15) is 42.3 Å². The molecule has 0 aliphatic rings. The number of aryl methyl sites for hydroxylation is 2. The number of aromatic amines is 2. The monoisotopic (exact) mass is 374 g/mol. The first-order valence-corrected chi connectivity index (χ1v) is 9.84. The Hall–Kier alpha value is -3.01. The molecule has 0 spiro atoms. The van der Waals surface area contributed by atoms with Crippen molar-refractivity contribution in [3.05, 3.63) is 71.0 Å². The summed E-state index contributed by atoms with van der Waals surface area (Å²) in [6.07, 6.45) is 0. The summed E-state index contributed by atoms with van der Waals surface area (Å²) in [4.78, 5) is 19.8. The van der Waals surface area contributed by atoms with Crippen molar-refractivity contribution >= 4 is 27.8 Å². The van der Waals surface area contributed by atoms with Gasteiger partial charge in [0.05, 0.1) is 12.5 Å². The van der Waals surface area contributed by atoms with Crippen LogP contribution in [0.15, 0.2) is 48.5 Å². The predicted octanol–water partition coefficient (Wildman–Crippen LogP) is 5.60. The van der Waals surface area contributed by atoms with Crippen molar-refractivity contribution in [2.45, 2.75) is 33.6 Å². The number of aromatic nitrogens is 2. The van der Waals surface area contributed by atoms with E-state index in [0.717, 1.165) is 33.2 Å². The van der Waals surface area contributed by atoms with E-state index in [9.17, 15) is 4.79 Å². The average molecular weight is 374 g/mol. The zero-order valence-electron chi connectivity index (χ0n) is 16.8. The molecule has 2 heterocycles. The SMILES string of the molecule is CCOC(=O)[C@@H](C)C(c1c(C)[nH]c2ccccc12)c1c(C)[nH]c2ccccc12. The first-order valence-electron chi connectivity index (χ1n) is 9.84. The molecule has 0 fully saturated rings. The van der Waals surface area contributed by atoms with E-state index in [-0.39, 0.29) is 17.8 Å². The Labute approximate surface area is 164 Å². The largest absolute Gasteiger partial charge is 0.466 e. The van der Waals surface area contributed by atoms with E-state index in [1.807, 2.05) is 38.1 Å².